The van der Waals surface area contributed by atoms with Crippen molar-refractivity contribution in [3.63, 3.8) is 0 Å². The summed E-state index contributed by atoms with van der Waals surface area (Å²) < 4.78 is 0. The third-order valence-electron chi connectivity index (χ3n) is 3.31. The summed E-state index contributed by atoms with van der Waals surface area (Å²) in [6.45, 7) is 1.06. The molecular formula is C15H13Cl2N. The fourth-order valence-electron chi connectivity index (χ4n) is 2.37. The Morgan fingerprint density at radius 1 is 1.06 bits per heavy atom. The minimum absolute atomic E-state index is 0.602. The molecule has 0 saturated carbocycles. The number of benzene rings is 2. The van der Waals surface area contributed by atoms with Gasteiger partial charge in [0.25, 0.3) is 0 Å². The minimum atomic E-state index is 0.602. The van der Waals surface area contributed by atoms with Crippen LogP contribution in [-0.4, -0.2) is 6.54 Å². The third-order valence-corrected chi connectivity index (χ3v) is 4.13. The number of fused-ring (bicyclic) bond motifs is 1. The van der Waals surface area contributed by atoms with Gasteiger partial charge in [-0.2, -0.15) is 0 Å². The van der Waals surface area contributed by atoms with Gasteiger partial charge < -0.3 is 5.32 Å². The van der Waals surface area contributed by atoms with Crippen LogP contribution in [0.4, 0.5) is 5.69 Å². The maximum absolute atomic E-state index is 6.26. The van der Waals surface area contributed by atoms with Crippen LogP contribution in [0.15, 0.2) is 36.4 Å². The number of rotatable bonds is 1. The first-order valence-corrected chi connectivity index (χ1v) is 6.82. The molecule has 0 atom stereocenters. The zero-order valence-corrected chi connectivity index (χ0v) is 11.4. The van der Waals surface area contributed by atoms with Crippen molar-refractivity contribution in [1.82, 2.24) is 0 Å². The second kappa shape index (κ2) is 4.83. The maximum atomic E-state index is 6.26. The summed E-state index contributed by atoms with van der Waals surface area (Å²) in [4.78, 5) is 0. The highest BCUT2D eigenvalue weighted by molar-refractivity contribution is 6.43. The highest BCUT2D eigenvalue weighted by atomic mass is 35.5. The zero-order valence-electron chi connectivity index (χ0n) is 9.84. The maximum Gasteiger partial charge on any atom is 0.0670 e. The normalized spacial score (nSPS) is 13.9. The van der Waals surface area contributed by atoms with E-state index < -0.39 is 0 Å². The Hall–Kier alpha value is -1.18. The Labute approximate surface area is 117 Å². The lowest BCUT2D eigenvalue weighted by atomic mass is 9.97. The molecule has 1 heterocycles. The van der Waals surface area contributed by atoms with E-state index in [2.05, 4.69) is 23.5 Å². The summed E-state index contributed by atoms with van der Waals surface area (Å²) in [6.07, 6.45) is 2.30. The van der Waals surface area contributed by atoms with E-state index in [1.54, 1.807) is 0 Å². The van der Waals surface area contributed by atoms with Crippen molar-refractivity contribution in [1.29, 1.82) is 0 Å². The van der Waals surface area contributed by atoms with Gasteiger partial charge in [-0.25, -0.2) is 0 Å². The SMILES string of the molecule is Clc1cccc(-c2ccc3c(c2)CCCN3)c1Cl. The van der Waals surface area contributed by atoms with Crippen LogP contribution in [0.25, 0.3) is 11.1 Å². The molecule has 3 rings (SSSR count). The highest BCUT2D eigenvalue weighted by Crippen LogP contribution is 2.35. The molecular weight excluding hydrogens is 265 g/mol. The Morgan fingerprint density at radius 2 is 1.94 bits per heavy atom. The lowest BCUT2D eigenvalue weighted by molar-refractivity contribution is 0.830. The molecule has 1 aliphatic rings. The van der Waals surface area contributed by atoms with E-state index in [1.807, 2.05) is 18.2 Å². The van der Waals surface area contributed by atoms with E-state index in [9.17, 15) is 0 Å². The number of nitrogens with one attached hydrogen (secondary N) is 1. The molecule has 2 aromatic rings. The largest absolute Gasteiger partial charge is 0.385 e. The van der Waals surface area contributed by atoms with E-state index >= 15 is 0 Å². The molecule has 0 amide bonds. The van der Waals surface area contributed by atoms with Crippen molar-refractivity contribution >= 4 is 28.9 Å². The monoisotopic (exact) mass is 277 g/mol. The van der Waals surface area contributed by atoms with Crippen molar-refractivity contribution in [2.24, 2.45) is 0 Å². The molecule has 0 fully saturated rings. The summed E-state index contributed by atoms with van der Waals surface area (Å²) in [7, 11) is 0. The topological polar surface area (TPSA) is 12.0 Å². The van der Waals surface area contributed by atoms with Gasteiger partial charge in [-0.05, 0) is 42.2 Å². The van der Waals surface area contributed by atoms with Crippen LogP contribution < -0.4 is 5.32 Å². The summed E-state index contributed by atoms with van der Waals surface area (Å²) in [5.41, 5.74) is 4.72. The van der Waals surface area contributed by atoms with Crippen LogP contribution in [0.2, 0.25) is 10.0 Å². The third kappa shape index (κ3) is 2.09. The van der Waals surface area contributed by atoms with Gasteiger partial charge in [0.2, 0.25) is 0 Å². The van der Waals surface area contributed by atoms with E-state index in [0.717, 1.165) is 24.1 Å². The van der Waals surface area contributed by atoms with Crippen LogP contribution in [0, 0.1) is 0 Å². The van der Waals surface area contributed by atoms with Gasteiger partial charge in [0.05, 0.1) is 10.0 Å². The molecule has 18 heavy (non-hydrogen) atoms. The van der Waals surface area contributed by atoms with Gasteiger partial charge >= 0.3 is 0 Å². The van der Waals surface area contributed by atoms with Crippen LogP contribution in [0.1, 0.15) is 12.0 Å². The first-order chi connectivity index (χ1) is 8.75. The quantitative estimate of drug-likeness (QED) is 0.772. The van der Waals surface area contributed by atoms with Gasteiger partial charge in [0, 0.05) is 17.8 Å². The lowest BCUT2D eigenvalue weighted by Crippen LogP contribution is -2.11. The average Bonchev–Trinajstić information content (AvgIpc) is 2.41. The lowest BCUT2D eigenvalue weighted by Gasteiger charge is -2.19. The predicted molar refractivity (Wildman–Crippen MR) is 78.7 cm³/mol. The Morgan fingerprint density at radius 3 is 2.83 bits per heavy atom. The second-order valence-corrected chi connectivity index (χ2v) is 5.29. The highest BCUT2D eigenvalue weighted by Gasteiger charge is 2.12. The van der Waals surface area contributed by atoms with E-state index in [1.165, 1.54) is 17.7 Å². The van der Waals surface area contributed by atoms with Gasteiger partial charge in [0.1, 0.15) is 0 Å². The molecule has 0 unspecified atom stereocenters. The van der Waals surface area contributed by atoms with E-state index in [0.29, 0.717) is 10.0 Å². The molecule has 2 aromatic carbocycles. The molecule has 92 valence electrons. The number of halogens is 2. The molecule has 1 nitrogen and oxygen atoms in total. The molecule has 0 saturated heterocycles. The van der Waals surface area contributed by atoms with Crippen LogP contribution in [0.5, 0.6) is 0 Å². The Bertz CT molecular complexity index is 593. The summed E-state index contributed by atoms with van der Waals surface area (Å²) in [5, 5.41) is 4.64. The minimum Gasteiger partial charge on any atom is -0.385 e. The first-order valence-electron chi connectivity index (χ1n) is 6.07. The smallest absolute Gasteiger partial charge is 0.0670 e. The number of hydrogen-bond donors (Lipinski definition) is 1. The van der Waals surface area contributed by atoms with Crippen LogP contribution >= 0.6 is 23.2 Å². The summed E-state index contributed by atoms with van der Waals surface area (Å²) in [5.74, 6) is 0. The molecule has 1 aliphatic heterocycles. The van der Waals surface area contributed by atoms with Gasteiger partial charge in [-0.3, -0.25) is 0 Å². The van der Waals surface area contributed by atoms with Crippen molar-refractivity contribution in [3.8, 4) is 11.1 Å². The van der Waals surface area contributed by atoms with Crippen molar-refractivity contribution < 1.29 is 0 Å². The Kier molecular flexibility index (Phi) is 3.19. The zero-order chi connectivity index (χ0) is 12.5. The van der Waals surface area contributed by atoms with Gasteiger partial charge in [-0.15, -0.1) is 0 Å². The first kappa shape index (κ1) is 11.9. The number of hydrogen-bond acceptors (Lipinski definition) is 1. The number of aryl methyl sites for hydroxylation is 1. The van der Waals surface area contributed by atoms with Gasteiger partial charge in [-0.1, -0.05) is 41.4 Å². The molecule has 0 aromatic heterocycles. The standard InChI is InChI=1S/C15H13Cl2N/c16-13-5-1-4-12(15(13)17)10-6-7-14-11(9-10)3-2-8-18-14/h1,4-7,9,18H,2-3,8H2. The van der Waals surface area contributed by atoms with Crippen molar-refractivity contribution in [2.45, 2.75) is 12.8 Å². The van der Waals surface area contributed by atoms with Crippen LogP contribution in [0.3, 0.4) is 0 Å². The number of anilines is 1. The fourth-order valence-corrected chi connectivity index (χ4v) is 2.78. The van der Waals surface area contributed by atoms with E-state index in [4.69, 9.17) is 23.2 Å². The molecule has 0 aliphatic carbocycles. The molecule has 0 spiro atoms. The van der Waals surface area contributed by atoms with Crippen molar-refractivity contribution in [2.75, 3.05) is 11.9 Å². The van der Waals surface area contributed by atoms with Gasteiger partial charge in [0.15, 0.2) is 0 Å². The molecule has 3 heteroatoms. The molecule has 0 bridgehead atoms. The van der Waals surface area contributed by atoms with Crippen LogP contribution in [-0.2, 0) is 6.42 Å². The summed E-state index contributed by atoms with van der Waals surface area (Å²) in [6, 6.07) is 12.2. The second-order valence-electron chi connectivity index (χ2n) is 4.50. The molecule has 0 radical (unpaired) electrons. The summed E-state index contributed by atoms with van der Waals surface area (Å²) >= 11 is 12.3. The average molecular weight is 278 g/mol. The molecule has 1 N–H and O–H groups in total. The van der Waals surface area contributed by atoms with Crippen molar-refractivity contribution in [3.05, 3.63) is 52.0 Å². The van der Waals surface area contributed by atoms with E-state index in [-0.39, 0.29) is 0 Å². The predicted octanol–water partition coefficient (Wildman–Crippen LogP) is 5.02. The Balaban J connectivity index is 2.09. The fraction of sp³-hybridized carbons (Fsp3) is 0.200.